The van der Waals surface area contributed by atoms with E-state index in [4.69, 9.17) is 66.3 Å². The standard InChI is InChI=1S/C23H26ClN5O3S.3C23H28ClN5O3S/c1-16(30)28-12-10-27(11-13-28)15-21-23(17-2-4-18(24)5-3-17)25-22-9-6-19(14-29(21)22)26-33(31,32)20-7-8-20;1-16(2)33(31,32)26-20-8-9-22-25-23(18-4-6-19(24)7-5-18)21(29(22)14-20)15-27-10-12-28(13-11-27)17(3)30;1-4-33(31,32)26(3)20-9-10-22-25-23(18-5-7-19(24)8-6-18)21(29(22)15-20)16-27-11-13-28(14-12-27)17(2)30;1-3-14-33(31,32)26-20-8-9-22-25-23(18-4-6-19(24)7-5-18)21(29(22)15-20)16-27-10-12-28(13-11-27)17(2)30/h2-6,9,14,20,26H,7-8,10-13,15H2,1H3;4-9,14,16,26H,10-13,15H2,1-3H3;5-10,15H,4,11-14,16H2,1-3H3;4-9,15,26H,3,10-14,16H2,1-2H3. The van der Waals surface area contributed by atoms with Crippen molar-refractivity contribution in [1.82, 2.24) is 76.7 Å². The molecule has 4 saturated heterocycles. The zero-order valence-electron chi connectivity index (χ0n) is 75.1. The number of aromatic nitrogens is 8. The third kappa shape index (κ3) is 24.0. The Hall–Kier alpha value is -10.5. The fraction of sp³-hybridized carbons (Fsp3) is 0.391. The van der Waals surface area contributed by atoms with Crippen molar-refractivity contribution in [2.24, 2.45) is 0 Å². The number of amides is 4. The minimum Gasteiger partial charge on any atom is -0.340 e. The molecule has 4 amide bonds. The van der Waals surface area contributed by atoms with Crippen molar-refractivity contribution in [3.05, 3.63) is 213 Å². The summed E-state index contributed by atoms with van der Waals surface area (Å²) in [5, 5.41) is 1.77. The number of carbonyl (C=O) groups is 4. The highest BCUT2D eigenvalue weighted by molar-refractivity contribution is 7.94. The highest BCUT2D eigenvalue weighted by Crippen LogP contribution is 2.36. The number of pyridine rings is 4. The van der Waals surface area contributed by atoms with Crippen LogP contribution in [0.15, 0.2) is 170 Å². The van der Waals surface area contributed by atoms with E-state index in [-0.39, 0.29) is 40.4 Å². The van der Waals surface area contributed by atoms with Crippen LogP contribution < -0.4 is 18.5 Å². The lowest BCUT2D eigenvalue weighted by Crippen LogP contribution is -2.47. The Bertz CT molecular complexity index is 6460. The number of imidazole rings is 4. The monoisotopic (exact) mass is 1950 g/mol. The topological polar surface area (TPSA) is 339 Å². The lowest BCUT2D eigenvalue weighted by Gasteiger charge is -2.34. The van der Waals surface area contributed by atoms with Gasteiger partial charge in [0.05, 0.1) is 90.3 Å². The summed E-state index contributed by atoms with van der Waals surface area (Å²) in [6.45, 7) is 27.2. The van der Waals surface area contributed by atoms with E-state index in [9.17, 15) is 52.8 Å². The number of hydrogen-bond acceptors (Lipinski definition) is 20. The van der Waals surface area contributed by atoms with E-state index in [2.05, 4.69) is 33.8 Å². The minimum absolute atomic E-state index is 0.0226. The molecule has 4 aliphatic heterocycles. The van der Waals surface area contributed by atoms with Gasteiger partial charge in [-0.25, -0.2) is 53.6 Å². The third-order valence-corrected chi connectivity index (χ3v) is 32.0. The molecule has 12 heterocycles. The molecule has 3 N–H and O–H groups in total. The lowest BCUT2D eigenvalue weighted by molar-refractivity contribution is -0.131. The second kappa shape index (κ2) is 42.0. The van der Waals surface area contributed by atoms with E-state index >= 15 is 0 Å². The van der Waals surface area contributed by atoms with Gasteiger partial charge in [0, 0.05) is 233 Å². The van der Waals surface area contributed by atoms with Gasteiger partial charge in [-0.2, -0.15) is 0 Å². The molecule has 5 fully saturated rings. The molecule has 0 spiro atoms. The summed E-state index contributed by atoms with van der Waals surface area (Å²) in [6.07, 6.45) is 9.17. The SMILES string of the molecule is CC(=O)N1CCN(Cc2c(-c3ccc(Cl)cc3)nc3ccc(NS(=O)(=O)C(C)C)cn23)CC1.CC(=O)N1CCN(Cc2c(-c3ccc(Cl)cc3)nc3ccc(NS(=O)(=O)C4CC4)cn23)CC1.CCCS(=O)(=O)Nc1ccc2nc(-c3ccc(Cl)cc3)c(CN3CCN(C(C)=O)CC3)n2c1.CCS(=O)(=O)N(C)c1ccc2nc(-c3ccc(Cl)cc3)c(CN3CCN(C(C)=O)CC3)n2c1. The van der Waals surface area contributed by atoms with E-state index in [1.807, 2.05) is 178 Å². The Morgan fingerprint density at radius 1 is 0.379 bits per heavy atom. The van der Waals surface area contributed by atoms with Crippen LogP contribution in [-0.2, 0) is 85.5 Å². The normalized spacial score (nSPS) is 15.8. The maximum absolute atomic E-state index is 12.5. The number of rotatable bonds is 25. The van der Waals surface area contributed by atoms with E-state index in [1.165, 1.54) is 4.31 Å². The van der Waals surface area contributed by atoms with Crippen molar-refractivity contribution < 1.29 is 52.8 Å². The number of anilines is 4. The molecule has 4 aromatic carbocycles. The predicted octanol–water partition coefficient (Wildman–Crippen LogP) is 13.3. The van der Waals surface area contributed by atoms with Gasteiger partial charge >= 0.3 is 0 Å². The molecule has 0 radical (unpaired) electrons. The van der Waals surface area contributed by atoms with Crippen molar-refractivity contribution in [1.29, 1.82) is 0 Å². The lowest BCUT2D eigenvalue weighted by atomic mass is 10.1. The van der Waals surface area contributed by atoms with Gasteiger partial charge in [0.15, 0.2) is 0 Å². The zero-order chi connectivity index (χ0) is 94.3. The van der Waals surface area contributed by atoms with Crippen LogP contribution in [0, 0.1) is 0 Å². The van der Waals surface area contributed by atoms with Crippen molar-refractivity contribution in [3.8, 4) is 45.0 Å². The fourth-order valence-electron chi connectivity index (χ4n) is 16.2. The Morgan fingerprint density at radius 3 is 0.917 bits per heavy atom. The van der Waals surface area contributed by atoms with Crippen LogP contribution in [0.1, 0.15) is 97.4 Å². The molecule has 12 aromatic rings. The van der Waals surface area contributed by atoms with Crippen LogP contribution in [0.5, 0.6) is 0 Å². The quantitative estimate of drug-likeness (QED) is 0.0478. The van der Waals surface area contributed by atoms with Gasteiger partial charge in [0.2, 0.25) is 63.7 Å². The first-order valence-corrected chi connectivity index (χ1v) is 51.7. The number of fused-ring (bicyclic) bond motifs is 4. The van der Waals surface area contributed by atoms with Crippen LogP contribution >= 0.6 is 46.4 Å². The van der Waals surface area contributed by atoms with Crippen LogP contribution in [0.2, 0.25) is 20.1 Å². The molecule has 17 rings (SSSR count). The molecule has 1 saturated carbocycles. The molecule has 32 nitrogen and oxygen atoms in total. The summed E-state index contributed by atoms with van der Waals surface area (Å²) in [5.41, 5.74) is 16.0. The number of sulfonamides is 4. The maximum atomic E-state index is 12.5. The second-order valence-electron chi connectivity index (χ2n) is 33.7. The zero-order valence-corrected chi connectivity index (χ0v) is 81.4. The first kappa shape index (κ1) is 97.5. The average Bonchev–Trinajstić information content (AvgIpc) is 1.64. The largest absolute Gasteiger partial charge is 0.340 e. The van der Waals surface area contributed by atoms with Gasteiger partial charge in [0.1, 0.15) is 22.6 Å². The van der Waals surface area contributed by atoms with Gasteiger partial charge in [-0.3, -0.25) is 74.9 Å². The second-order valence-corrected chi connectivity index (χ2v) is 43.7. The molecule has 5 aliphatic rings. The van der Waals surface area contributed by atoms with Gasteiger partial charge in [-0.15, -0.1) is 0 Å². The van der Waals surface area contributed by atoms with Crippen LogP contribution in [0.3, 0.4) is 0 Å². The first-order chi connectivity index (χ1) is 62.9. The van der Waals surface area contributed by atoms with Gasteiger partial charge in [-0.1, -0.05) is 102 Å². The summed E-state index contributed by atoms with van der Waals surface area (Å²) < 4.78 is 116. The number of hydrogen-bond donors (Lipinski definition) is 3. The Kier molecular flexibility index (Phi) is 31.0. The van der Waals surface area contributed by atoms with E-state index in [0.29, 0.717) is 141 Å². The van der Waals surface area contributed by atoms with E-state index in [0.717, 1.165) is 143 Å². The first-order valence-electron chi connectivity index (χ1n) is 43.9. The molecule has 702 valence electrons. The maximum Gasteiger partial charge on any atom is 0.235 e. The summed E-state index contributed by atoms with van der Waals surface area (Å²) in [6, 6.07) is 44.5. The molecule has 40 heteroatoms. The minimum atomic E-state index is -3.47. The van der Waals surface area contributed by atoms with Crippen molar-refractivity contribution in [3.63, 3.8) is 0 Å². The molecule has 0 atom stereocenters. The summed E-state index contributed by atoms with van der Waals surface area (Å²) in [5.74, 6) is 0.464. The van der Waals surface area contributed by atoms with Crippen LogP contribution in [0.25, 0.3) is 67.6 Å². The predicted molar refractivity (Wildman–Crippen MR) is 521 cm³/mol. The highest BCUT2D eigenvalue weighted by Gasteiger charge is 2.37. The van der Waals surface area contributed by atoms with Crippen LogP contribution in [-0.4, -0.2) is 268 Å². The van der Waals surface area contributed by atoms with Gasteiger partial charge in [0.25, 0.3) is 0 Å². The highest BCUT2D eigenvalue weighted by atomic mass is 35.5. The summed E-state index contributed by atoms with van der Waals surface area (Å²) in [4.78, 5) is 82.8. The molecular formula is C92H110Cl4N20O12S4. The Balaban J connectivity index is 0.000000142. The molecule has 0 bridgehead atoms. The van der Waals surface area contributed by atoms with E-state index < -0.39 is 45.3 Å². The number of carbonyl (C=O) groups excluding carboxylic acids is 4. The van der Waals surface area contributed by atoms with Crippen molar-refractivity contribution in [2.45, 2.75) is 111 Å². The van der Waals surface area contributed by atoms with Gasteiger partial charge in [-0.05, 0) is 137 Å². The smallest absolute Gasteiger partial charge is 0.235 e. The Morgan fingerprint density at radius 2 is 0.652 bits per heavy atom. The number of halogens is 4. The fourth-order valence-corrected chi connectivity index (χ4v) is 20.7. The van der Waals surface area contributed by atoms with Crippen molar-refractivity contribution in [2.75, 3.05) is 142 Å². The number of benzene rings is 4. The number of nitrogens with one attached hydrogen (secondary N) is 3. The molecular weight excluding hydrogens is 1850 g/mol. The van der Waals surface area contributed by atoms with E-state index in [1.54, 1.807) is 92.2 Å². The Labute approximate surface area is 790 Å². The molecule has 1 aliphatic carbocycles. The van der Waals surface area contributed by atoms with Gasteiger partial charge < -0.3 is 19.6 Å². The third-order valence-electron chi connectivity index (χ3n) is 24.1. The molecule has 132 heavy (non-hydrogen) atoms. The summed E-state index contributed by atoms with van der Waals surface area (Å²) in [7, 11) is -12.1. The number of nitrogens with zero attached hydrogens (tertiary/aromatic N) is 17. The molecule has 8 aromatic heterocycles. The van der Waals surface area contributed by atoms with Crippen molar-refractivity contribution >= 4 is 155 Å². The number of piperazine rings is 4. The molecule has 0 unspecified atom stereocenters. The average molecular weight is 1960 g/mol. The summed E-state index contributed by atoms with van der Waals surface area (Å²) >= 11 is 24.4. The van der Waals surface area contributed by atoms with Crippen LogP contribution in [0.4, 0.5) is 22.7 Å².